The first-order valence-electron chi connectivity index (χ1n) is 5.62. The van der Waals surface area contributed by atoms with Gasteiger partial charge >= 0.3 is 5.97 Å². The van der Waals surface area contributed by atoms with Crippen molar-refractivity contribution in [2.75, 3.05) is 6.26 Å². The zero-order valence-electron chi connectivity index (χ0n) is 10.3. The van der Waals surface area contributed by atoms with Crippen molar-refractivity contribution in [1.82, 2.24) is 10.3 Å². The molecule has 0 bridgehead atoms. The van der Waals surface area contributed by atoms with E-state index in [4.69, 9.17) is 5.11 Å². The van der Waals surface area contributed by atoms with Crippen molar-refractivity contribution in [2.24, 2.45) is 0 Å². The summed E-state index contributed by atoms with van der Waals surface area (Å²) in [6.07, 6.45) is 4.53. The quantitative estimate of drug-likeness (QED) is 0.769. The van der Waals surface area contributed by atoms with Crippen molar-refractivity contribution in [2.45, 2.75) is 30.8 Å². The molecular weight excluding hydrogens is 252 g/mol. The number of amides is 1. The van der Waals surface area contributed by atoms with Gasteiger partial charge in [-0.2, -0.15) is 0 Å². The molecule has 0 aliphatic rings. The van der Waals surface area contributed by atoms with E-state index in [9.17, 15) is 9.59 Å². The number of carbonyl (C=O) groups is 2. The van der Waals surface area contributed by atoms with Gasteiger partial charge in [0.2, 0.25) is 0 Å². The normalized spacial score (nSPS) is 11.9. The SMILES string of the molecule is CCCC(NC(=O)c1cccnc1SC)C(=O)O. The van der Waals surface area contributed by atoms with Crippen LogP contribution in [-0.4, -0.2) is 34.3 Å². The third kappa shape index (κ3) is 3.73. The van der Waals surface area contributed by atoms with E-state index in [0.29, 0.717) is 23.4 Å². The van der Waals surface area contributed by atoms with Crippen LogP contribution in [0.2, 0.25) is 0 Å². The molecule has 1 heterocycles. The summed E-state index contributed by atoms with van der Waals surface area (Å²) in [7, 11) is 0. The Morgan fingerprint density at radius 2 is 2.28 bits per heavy atom. The molecule has 0 spiro atoms. The first-order chi connectivity index (χ1) is 8.60. The van der Waals surface area contributed by atoms with E-state index in [2.05, 4.69) is 10.3 Å². The van der Waals surface area contributed by atoms with Crippen molar-refractivity contribution in [3.63, 3.8) is 0 Å². The molecule has 1 unspecified atom stereocenters. The first kappa shape index (κ1) is 14.5. The fourth-order valence-electron chi connectivity index (χ4n) is 1.51. The van der Waals surface area contributed by atoms with E-state index in [1.807, 2.05) is 13.2 Å². The van der Waals surface area contributed by atoms with Gasteiger partial charge in [-0.1, -0.05) is 13.3 Å². The maximum Gasteiger partial charge on any atom is 0.326 e. The maximum absolute atomic E-state index is 12.0. The number of pyridine rings is 1. The molecule has 0 aliphatic heterocycles. The van der Waals surface area contributed by atoms with Crippen LogP contribution in [0, 0.1) is 0 Å². The van der Waals surface area contributed by atoms with Gasteiger partial charge in [-0.25, -0.2) is 9.78 Å². The molecule has 0 saturated carbocycles. The molecule has 1 amide bonds. The monoisotopic (exact) mass is 268 g/mol. The lowest BCUT2D eigenvalue weighted by atomic mass is 10.1. The van der Waals surface area contributed by atoms with Crippen LogP contribution in [0.5, 0.6) is 0 Å². The number of carbonyl (C=O) groups excluding carboxylic acids is 1. The molecule has 0 fully saturated rings. The topological polar surface area (TPSA) is 79.3 Å². The summed E-state index contributed by atoms with van der Waals surface area (Å²) in [4.78, 5) is 27.0. The van der Waals surface area contributed by atoms with Crippen molar-refractivity contribution in [3.8, 4) is 0 Å². The Balaban J connectivity index is 2.83. The number of aliphatic carboxylic acids is 1. The second-order valence-corrected chi connectivity index (χ2v) is 4.51. The van der Waals surface area contributed by atoms with Gasteiger partial charge in [0.25, 0.3) is 5.91 Å². The van der Waals surface area contributed by atoms with Crippen LogP contribution >= 0.6 is 11.8 Å². The van der Waals surface area contributed by atoms with Crippen molar-refractivity contribution in [3.05, 3.63) is 23.9 Å². The van der Waals surface area contributed by atoms with Gasteiger partial charge < -0.3 is 10.4 Å². The number of rotatable bonds is 6. The number of nitrogens with one attached hydrogen (secondary N) is 1. The zero-order chi connectivity index (χ0) is 13.5. The Morgan fingerprint density at radius 1 is 1.56 bits per heavy atom. The molecule has 1 aromatic heterocycles. The van der Waals surface area contributed by atoms with Crippen LogP contribution in [0.15, 0.2) is 23.4 Å². The standard InChI is InChI=1S/C12H16N2O3S/c1-3-5-9(12(16)17)14-10(15)8-6-4-7-13-11(8)18-2/h4,6-7,9H,3,5H2,1-2H3,(H,14,15)(H,16,17). The van der Waals surface area contributed by atoms with Gasteiger partial charge in [-0.15, -0.1) is 11.8 Å². The smallest absolute Gasteiger partial charge is 0.326 e. The molecule has 98 valence electrons. The van der Waals surface area contributed by atoms with Crippen molar-refractivity contribution in [1.29, 1.82) is 0 Å². The van der Waals surface area contributed by atoms with Gasteiger partial charge in [-0.3, -0.25) is 4.79 Å². The summed E-state index contributed by atoms with van der Waals surface area (Å²) in [6.45, 7) is 1.87. The van der Waals surface area contributed by atoms with Crippen LogP contribution in [0.1, 0.15) is 30.1 Å². The number of hydrogen-bond donors (Lipinski definition) is 2. The fraction of sp³-hybridized carbons (Fsp3) is 0.417. The van der Waals surface area contributed by atoms with Crippen LogP contribution in [-0.2, 0) is 4.79 Å². The minimum absolute atomic E-state index is 0.395. The second kappa shape index (κ2) is 7.00. The van der Waals surface area contributed by atoms with Crippen molar-refractivity contribution < 1.29 is 14.7 Å². The molecule has 1 atom stereocenters. The van der Waals surface area contributed by atoms with Crippen LogP contribution in [0.3, 0.4) is 0 Å². The summed E-state index contributed by atoms with van der Waals surface area (Å²) in [5.74, 6) is -1.41. The minimum atomic E-state index is -1.01. The van der Waals surface area contributed by atoms with E-state index >= 15 is 0 Å². The highest BCUT2D eigenvalue weighted by Crippen LogP contribution is 2.16. The number of hydrogen-bond acceptors (Lipinski definition) is 4. The van der Waals surface area contributed by atoms with E-state index < -0.39 is 17.9 Å². The number of nitrogens with zero attached hydrogens (tertiary/aromatic N) is 1. The number of carboxylic acid groups (broad SMARTS) is 1. The molecule has 0 saturated heterocycles. The Kier molecular flexibility index (Phi) is 5.64. The summed E-state index contributed by atoms with van der Waals surface area (Å²) in [5, 5.41) is 12.1. The van der Waals surface area contributed by atoms with Gasteiger partial charge in [0, 0.05) is 6.20 Å². The first-order valence-corrected chi connectivity index (χ1v) is 6.85. The summed E-state index contributed by atoms with van der Waals surface area (Å²) in [6, 6.07) is 2.45. The molecule has 5 nitrogen and oxygen atoms in total. The molecule has 1 aromatic rings. The summed E-state index contributed by atoms with van der Waals surface area (Å²) < 4.78 is 0. The van der Waals surface area contributed by atoms with Crippen LogP contribution in [0.25, 0.3) is 0 Å². The number of thioether (sulfide) groups is 1. The minimum Gasteiger partial charge on any atom is -0.480 e. The summed E-state index contributed by atoms with van der Waals surface area (Å²) >= 11 is 1.35. The number of aromatic nitrogens is 1. The zero-order valence-corrected chi connectivity index (χ0v) is 11.2. The highest BCUT2D eigenvalue weighted by atomic mass is 32.2. The Bertz CT molecular complexity index is 437. The third-order valence-electron chi connectivity index (χ3n) is 2.39. The highest BCUT2D eigenvalue weighted by Gasteiger charge is 2.21. The molecule has 0 radical (unpaired) electrons. The Labute approximate surface area is 110 Å². The lowest BCUT2D eigenvalue weighted by Gasteiger charge is -2.14. The highest BCUT2D eigenvalue weighted by molar-refractivity contribution is 7.98. The largest absolute Gasteiger partial charge is 0.480 e. The average molecular weight is 268 g/mol. The lowest BCUT2D eigenvalue weighted by Crippen LogP contribution is -2.40. The van der Waals surface area contributed by atoms with E-state index in [1.165, 1.54) is 11.8 Å². The molecule has 18 heavy (non-hydrogen) atoms. The van der Waals surface area contributed by atoms with E-state index in [0.717, 1.165) is 0 Å². The molecular formula is C12H16N2O3S. The van der Waals surface area contributed by atoms with Gasteiger partial charge in [0.1, 0.15) is 11.1 Å². The van der Waals surface area contributed by atoms with Gasteiger partial charge in [0.05, 0.1) is 5.56 Å². The molecule has 1 rings (SSSR count). The van der Waals surface area contributed by atoms with Crippen molar-refractivity contribution >= 4 is 23.6 Å². The molecule has 2 N–H and O–H groups in total. The maximum atomic E-state index is 12.0. The van der Waals surface area contributed by atoms with Gasteiger partial charge in [-0.05, 0) is 24.8 Å². The second-order valence-electron chi connectivity index (χ2n) is 3.71. The predicted molar refractivity (Wildman–Crippen MR) is 69.8 cm³/mol. The average Bonchev–Trinajstić information content (AvgIpc) is 2.37. The summed E-state index contributed by atoms with van der Waals surface area (Å²) in [5.41, 5.74) is 0.410. The fourth-order valence-corrected chi connectivity index (χ4v) is 2.06. The molecule has 0 aromatic carbocycles. The predicted octanol–water partition coefficient (Wildman–Crippen LogP) is 1.79. The Morgan fingerprint density at radius 3 is 2.83 bits per heavy atom. The Hall–Kier alpha value is -1.56. The molecule has 6 heteroatoms. The number of carboxylic acids is 1. The molecule has 0 aliphatic carbocycles. The third-order valence-corrected chi connectivity index (χ3v) is 3.10. The van der Waals surface area contributed by atoms with Crippen LogP contribution in [0.4, 0.5) is 0 Å². The van der Waals surface area contributed by atoms with E-state index in [-0.39, 0.29) is 0 Å². The van der Waals surface area contributed by atoms with E-state index in [1.54, 1.807) is 18.3 Å². The lowest BCUT2D eigenvalue weighted by molar-refractivity contribution is -0.139. The van der Waals surface area contributed by atoms with Gasteiger partial charge in [0.15, 0.2) is 0 Å². The van der Waals surface area contributed by atoms with Crippen LogP contribution < -0.4 is 5.32 Å².